The first-order chi connectivity index (χ1) is 4.95. The molecule has 1 aliphatic heterocycles. The fourth-order valence-electron chi connectivity index (χ4n) is 1.79. The molecule has 1 heteroatoms. The van der Waals surface area contributed by atoms with Gasteiger partial charge in [0.15, 0.2) is 0 Å². The van der Waals surface area contributed by atoms with Gasteiger partial charge in [0.25, 0.3) is 0 Å². The summed E-state index contributed by atoms with van der Waals surface area (Å²) < 4.78 is 0. The average Bonchev–Trinajstić information content (AvgIpc) is 2.64. The highest BCUT2D eigenvalue weighted by molar-refractivity contribution is 8.07. The van der Waals surface area contributed by atoms with Crippen molar-refractivity contribution in [1.82, 2.24) is 0 Å². The third-order valence-electron chi connectivity index (χ3n) is 2.37. The summed E-state index contributed by atoms with van der Waals surface area (Å²) in [6.45, 7) is 0. The Morgan fingerprint density at radius 1 is 1.30 bits per heavy atom. The van der Waals surface area contributed by atoms with Gasteiger partial charge >= 0.3 is 0 Å². The van der Waals surface area contributed by atoms with Crippen molar-refractivity contribution in [3.63, 3.8) is 0 Å². The van der Waals surface area contributed by atoms with Crippen molar-refractivity contribution in [3.05, 3.63) is 35.4 Å². The summed E-state index contributed by atoms with van der Waals surface area (Å²) >= 11 is 2.12. The molecule has 0 spiro atoms. The van der Waals surface area contributed by atoms with Crippen LogP contribution in [-0.4, -0.2) is 5.25 Å². The Labute approximate surface area is 64.6 Å². The Kier molecular flexibility index (Phi) is 0.835. The lowest BCUT2D eigenvalue weighted by Crippen LogP contribution is -1.83. The van der Waals surface area contributed by atoms with Gasteiger partial charge in [-0.15, -0.1) is 11.8 Å². The Morgan fingerprint density at radius 3 is 3.10 bits per heavy atom. The zero-order valence-corrected chi connectivity index (χ0v) is 6.40. The SMILES string of the molecule is c1ccc2c(c1)CC1SC21. The second-order valence-corrected chi connectivity index (χ2v) is 4.38. The Hall–Kier alpha value is -0.430. The second-order valence-electron chi connectivity index (χ2n) is 3.00. The first kappa shape index (κ1) is 5.25. The van der Waals surface area contributed by atoms with Crippen molar-refractivity contribution in [1.29, 1.82) is 0 Å². The van der Waals surface area contributed by atoms with Crippen molar-refractivity contribution in [3.8, 4) is 0 Å². The third kappa shape index (κ3) is 0.541. The standard InChI is InChI=1S/C9H8S/c1-2-4-7-6(3-1)5-8-9(7)10-8/h1-4,8-9H,5H2. The first-order valence-corrected chi connectivity index (χ1v) is 4.63. The van der Waals surface area contributed by atoms with E-state index in [2.05, 4.69) is 36.0 Å². The van der Waals surface area contributed by atoms with Gasteiger partial charge in [0.1, 0.15) is 0 Å². The van der Waals surface area contributed by atoms with Crippen molar-refractivity contribution >= 4 is 11.8 Å². The van der Waals surface area contributed by atoms with E-state index in [0.29, 0.717) is 0 Å². The molecule has 2 aliphatic rings. The van der Waals surface area contributed by atoms with E-state index in [-0.39, 0.29) is 0 Å². The topological polar surface area (TPSA) is 0 Å². The summed E-state index contributed by atoms with van der Waals surface area (Å²) in [6, 6.07) is 8.84. The zero-order valence-electron chi connectivity index (χ0n) is 5.58. The van der Waals surface area contributed by atoms with Crippen LogP contribution in [-0.2, 0) is 6.42 Å². The van der Waals surface area contributed by atoms with Gasteiger partial charge in [-0.3, -0.25) is 0 Å². The smallest absolute Gasteiger partial charge is 0.0425 e. The Bertz CT molecular complexity index is 280. The molecule has 2 atom stereocenters. The van der Waals surface area contributed by atoms with E-state index >= 15 is 0 Å². The molecule has 0 nitrogen and oxygen atoms in total. The predicted octanol–water partition coefficient (Wildman–Crippen LogP) is 2.40. The maximum atomic E-state index is 2.28. The minimum atomic E-state index is 0.885. The van der Waals surface area contributed by atoms with Crippen LogP contribution in [0.15, 0.2) is 24.3 Å². The van der Waals surface area contributed by atoms with Crippen LogP contribution in [0.1, 0.15) is 16.4 Å². The molecule has 50 valence electrons. The molecule has 0 amide bonds. The van der Waals surface area contributed by atoms with Crippen LogP contribution in [0.2, 0.25) is 0 Å². The molecule has 0 saturated carbocycles. The fourth-order valence-corrected chi connectivity index (χ4v) is 2.97. The van der Waals surface area contributed by atoms with Crippen LogP contribution < -0.4 is 0 Å². The molecule has 1 aliphatic carbocycles. The van der Waals surface area contributed by atoms with Crippen LogP contribution in [0.4, 0.5) is 0 Å². The number of benzene rings is 1. The fraction of sp³-hybridized carbons (Fsp3) is 0.333. The van der Waals surface area contributed by atoms with Gasteiger partial charge in [-0.25, -0.2) is 0 Å². The van der Waals surface area contributed by atoms with Crippen LogP contribution in [0.25, 0.3) is 0 Å². The van der Waals surface area contributed by atoms with Crippen LogP contribution >= 0.6 is 11.8 Å². The highest BCUT2D eigenvalue weighted by Crippen LogP contribution is 2.61. The molecule has 1 saturated heterocycles. The van der Waals surface area contributed by atoms with E-state index in [1.165, 1.54) is 6.42 Å². The second kappa shape index (κ2) is 1.59. The number of hydrogen-bond donors (Lipinski definition) is 0. The van der Waals surface area contributed by atoms with Crippen molar-refractivity contribution in [2.75, 3.05) is 0 Å². The number of rotatable bonds is 0. The van der Waals surface area contributed by atoms with Gasteiger partial charge in [-0.2, -0.15) is 0 Å². The molecule has 0 N–H and O–H groups in total. The van der Waals surface area contributed by atoms with Crippen molar-refractivity contribution in [2.45, 2.75) is 16.9 Å². The van der Waals surface area contributed by atoms with E-state index in [4.69, 9.17) is 0 Å². The lowest BCUT2D eigenvalue weighted by Gasteiger charge is -1.98. The van der Waals surface area contributed by atoms with Crippen LogP contribution in [0, 0.1) is 0 Å². The molecule has 1 aromatic rings. The first-order valence-electron chi connectivity index (χ1n) is 3.68. The van der Waals surface area contributed by atoms with E-state index in [1.54, 1.807) is 11.1 Å². The number of fused-ring (bicyclic) bond motifs is 3. The molecule has 1 heterocycles. The van der Waals surface area contributed by atoms with Crippen molar-refractivity contribution < 1.29 is 0 Å². The van der Waals surface area contributed by atoms with Gasteiger partial charge < -0.3 is 0 Å². The van der Waals surface area contributed by atoms with Gasteiger partial charge in [0.2, 0.25) is 0 Å². The van der Waals surface area contributed by atoms with Crippen molar-refractivity contribution in [2.24, 2.45) is 0 Å². The monoisotopic (exact) mass is 148 g/mol. The molecule has 10 heavy (non-hydrogen) atoms. The maximum absolute atomic E-state index is 2.28. The predicted molar refractivity (Wildman–Crippen MR) is 44.3 cm³/mol. The zero-order chi connectivity index (χ0) is 6.55. The van der Waals surface area contributed by atoms with Gasteiger partial charge in [-0.05, 0) is 17.5 Å². The molecule has 2 unspecified atom stereocenters. The Balaban J connectivity index is 2.22. The minimum Gasteiger partial charge on any atom is -0.147 e. The normalized spacial score (nSPS) is 33.2. The minimum absolute atomic E-state index is 0.885. The summed E-state index contributed by atoms with van der Waals surface area (Å²) in [5.41, 5.74) is 3.20. The number of thioether (sulfide) groups is 1. The lowest BCUT2D eigenvalue weighted by molar-refractivity contribution is 1.02. The maximum Gasteiger partial charge on any atom is 0.0425 e. The molecule has 1 aromatic carbocycles. The number of hydrogen-bond acceptors (Lipinski definition) is 1. The summed E-state index contributed by atoms with van der Waals surface area (Å²) in [4.78, 5) is 0. The van der Waals surface area contributed by atoms with E-state index in [0.717, 1.165) is 10.5 Å². The van der Waals surface area contributed by atoms with Gasteiger partial charge in [0, 0.05) is 10.5 Å². The average molecular weight is 148 g/mol. The third-order valence-corrected chi connectivity index (χ3v) is 3.72. The molecular formula is C9H8S. The van der Waals surface area contributed by atoms with Crippen LogP contribution in [0.5, 0.6) is 0 Å². The molecule has 1 fully saturated rings. The highest BCUT2D eigenvalue weighted by atomic mass is 32.2. The largest absolute Gasteiger partial charge is 0.147 e. The molecule has 3 rings (SSSR count). The summed E-state index contributed by atoms with van der Waals surface area (Å²) in [6.07, 6.45) is 1.32. The quantitative estimate of drug-likeness (QED) is 0.509. The summed E-state index contributed by atoms with van der Waals surface area (Å²) in [5, 5.41) is 1.84. The van der Waals surface area contributed by atoms with Gasteiger partial charge in [-0.1, -0.05) is 24.3 Å². The molecule has 0 bridgehead atoms. The molecule has 0 radical (unpaired) electrons. The van der Waals surface area contributed by atoms with E-state index in [1.807, 2.05) is 0 Å². The summed E-state index contributed by atoms with van der Waals surface area (Å²) in [5.74, 6) is 0. The lowest BCUT2D eigenvalue weighted by atomic mass is 10.1. The molecule has 0 aromatic heterocycles. The Morgan fingerprint density at radius 2 is 2.20 bits per heavy atom. The van der Waals surface area contributed by atoms with Crippen LogP contribution in [0.3, 0.4) is 0 Å². The molecular weight excluding hydrogens is 140 g/mol. The van der Waals surface area contributed by atoms with Gasteiger partial charge in [0.05, 0.1) is 0 Å². The van der Waals surface area contributed by atoms with E-state index in [9.17, 15) is 0 Å². The van der Waals surface area contributed by atoms with E-state index < -0.39 is 0 Å². The highest BCUT2D eigenvalue weighted by Gasteiger charge is 2.45. The summed E-state index contributed by atoms with van der Waals surface area (Å²) in [7, 11) is 0.